The summed E-state index contributed by atoms with van der Waals surface area (Å²) >= 11 is 0. The van der Waals surface area contributed by atoms with Crippen molar-refractivity contribution in [1.29, 1.82) is 0 Å². The van der Waals surface area contributed by atoms with Crippen molar-refractivity contribution < 1.29 is 19.0 Å². The van der Waals surface area contributed by atoms with Crippen molar-refractivity contribution in [3.05, 3.63) is 0 Å². The monoisotopic (exact) mass is 411 g/mol. The number of amides is 1. The Kier molecular flexibility index (Phi) is 8.74. The molecule has 0 aromatic heterocycles. The molecule has 1 spiro atoms. The number of likely N-dealkylation sites (tertiary alicyclic amines) is 1. The van der Waals surface area contributed by atoms with Crippen molar-refractivity contribution in [3.8, 4) is 0 Å². The molecule has 3 saturated heterocycles. The maximum atomic E-state index is 12.4. The van der Waals surface area contributed by atoms with Gasteiger partial charge in [0.2, 0.25) is 5.91 Å². The van der Waals surface area contributed by atoms with Crippen LogP contribution in [0.2, 0.25) is 0 Å². The number of methoxy groups -OCH3 is 1. The van der Waals surface area contributed by atoms with Crippen LogP contribution in [0.4, 0.5) is 0 Å². The number of rotatable bonds is 8. The lowest BCUT2D eigenvalue weighted by Crippen LogP contribution is -2.57. The smallest absolute Gasteiger partial charge is 0.248 e. The minimum atomic E-state index is -0.0360. The first kappa shape index (κ1) is 22.9. The minimum absolute atomic E-state index is 0.0360. The molecule has 3 fully saturated rings. The van der Waals surface area contributed by atoms with Crippen LogP contribution < -0.4 is 0 Å². The first-order valence-electron chi connectivity index (χ1n) is 11.5. The molecule has 3 aliphatic heterocycles. The van der Waals surface area contributed by atoms with Crippen LogP contribution >= 0.6 is 0 Å². The molecule has 3 heterocycles. The van der Waals surface area contributed by atoms with Gasteiger partial charge in [-0.1, -0.05) is 13.8 Å². The van der Waals surface area contributed by atoms with Gasteiger partial charge in [-0.2, -0.15) is 0 Å². The fraction of sp³-hybridized carbons (Fsp3) is 0.955. The average Bonchev–Trinajstić information content (AvgIpc) is 2.72. The van der Waals surface area contributed by atoms with Gasteiger partial charge in [0.15, 0.2) is 0 Å². The molecule has 7 nitrogen and oxygen atoms in total. The summed E-state index contributed by atoms with van der Waals surface area (Å²) in [6.45, 7) is 14.1. The second-order valence-corrected chi connectivity index (χ2v) is 9.33. The maximum absolute atomic E-state index is 12.4. The van der Waals surface area contributed by atoms with Gasteiger partial charge >= 0.3 is 0 Å². The largest absolute Gasteiger partial charge is 0.382 e. The van der Waals surface area contributed by atoms with Gasteiger partial charge in [-0.25, -0.2) is 0 Å². The fourth-order valence-electron chi connectivity index (χ4n) is 5.05. The zero-order chi connectivity index (χ0) is 20.7. The molecule has 0 bridgehead atoms. The molecule has 0 saturated carbocycles. The quantitative estimate of drug-likeness (QED) is 0.564. The number of nitrogens with zero attached hydrogens (tertiary/aromatic N) is 3. The number of piperidine rings is 1. The lowest BCUT2D eigenvalue weighted by molar-refractivity contribution is -0.153. The van der Waals surface area contributed by atoms with E-state index in [1.165, 1.54) is 32.7 Å². The Hall–Kier alpha value is -0.730. The van der Waals surface area contributed by atoms with Crippen LogP contribution in [0, 0.1) is 5.92 Å². The van der Waals surface area contributed by atoms with Crippen LogP contribution in [0.3, 0.4) is 0 Å². The lowest BCUT2D eigenvalue weighted by Gasteiger charge is -2.49. The third-order valence-electron chi connectivity index (χ3n) is 6.70. The molecule has 0 aliphatic carbocycles. The summed E-state index contributed by atoms with van der Waals surface area (Å²) in [4.78, 5) is 19.6. The van der Waals surface area contributed by atoms with E-state index in [2.05, 4.69) is 23.6 Å². The Morgan fingerprint density at radius 1 is 1.10 bits per heavy atom. The molecule has 0 radical (unpaired) electrons. The van der Waals surface area contributed by atoms with E-state index in [0.29, 0.717) is 19.3 Å². The van der Waals surface area contributed by atoms with Gasteiger partial charge in [0.1, 0.15) is 6.61 Å². The van der Waals surface area contributed by atoms with Crippen molar-refractivity contribution in [3.63, 3.8) is 0 Å². The van der Waals surface area contributed by atoms with Crippen LogP contribution in [-0.4, -0.2) is 112 Å². The Bertz CT molecular complexity index is 500. The number of piperazine rings is 1. The van der Waals surface area contributed by atoms with Crippen LogP contribution in [0.15, 0.2) is 0 Å². The van der Waals surface area contributed by atoms with Crippen LogP contribution in [0.5, 0.6) is 0 Å². The Labute approximate surface area is 176 Å². The SMILES string of the molecule is COCCOCC(=O)N1CCC2(CC1)CC(N1CCN(CC(C)C)CC1)CCO2. The van der Waals surface area contributed by atoms with Crippen molar-refractivity contribution in [2.24, 2.45) is 5.92 Å². The van der Waals surface area contributed by atoms with Crippen molar-refractivity contribution in [2.75, 3.05) is 79.4 Å². The Morgan fingerprint density at radius 2 is 1.83 bits per heavy atom. The highest BCUT2D eigenvalue weighted by atomic mass is 16.5. The van der Waals surface area contributed by atoms with E-state index in [0.717, 1.165) is 51.3 Å². The summed E-state index contributed by atoms with van der Waals surface area (Å²) < 4.78 is 16.7. The molecule has 1 unspecified atom stereocenters. The molecule has 0 aromatic rings. The van der Waals surface area contributed by atoms with E-state index in [1.54, 1.807) is 7.11 Å². The first-order valence-corrected chi connectivity index (χ1v) is 11.5. The average molecular weight is 412 g/mol. The van der Waals surface area contributed by atoms with Crippen molar-refractivity contribution >= 4 is 5.91 Å². The highest BCUT2D eigenvalue weighted by molar-refractivity contribution is 5.77. The van der Waals surface area contributed by atoms with E-state index in [9.17, 15) is 4.79 Å². The van der Waals surface area contributed by atoms with Crippen LogP contribution in [-0.2, 0) is 19.0 Å². The van der Waals surface area contributed by atoms with Gasteiger partial charge in [-0.15, -0.1) is 0 Å². The van der Waals surface area contributed by atoms with Gasteiger partial charge in [-0.3, -0.25) is 9.69 Å². The maximum Gasteiger partial charge on any atom is 0.248 e. The standard InChI is InChI=1S/C22H41N3O4/c1-19(2)17-23-9-11-24(12-10-23)20-4-13-29-22(16-20)5-7-25(8-6-22)21(26)18-28-15-14-27-3/h19-20H,4-18H2,1-3H3. The number of carbonyl (C=O) groups is 1. The van der Waals surface area contributed by atoms with E-state index in [1.807, 2.05) is 4.90 Å². The highest BCUT2D eigenvalue weighted by Gasteiger charge is 2.42. The molecule has 1 atom stereocenters. The van der Waals surface area contributed by atoms with Crippen molar-refractivity contribution in [1.82, 2.24) is 14.7 Å². The summed E-state index contributed by atoms with van der Waals surface area (Å²) in [6.07, 6.45) is 4.15. The van der Waals surface area contributed by atoms with Gasteiger partial charge in [0, 0.05) is 65.6 Å². The number of ether oxygens (including phenoxy) is 3. The number of hydrogen-bond donors (Lipinski definition) is 0. The van der Waals surface area contributed by atoms with Gasteiger partial charge in [0.05, 0.1) is 18.8 Å². The molecular formula is C22H41N3O4. The number of hydrogen-bond acceptors (Lipinski definition) is 6. The van der Waals surface area contributed by atoms with Gasteiger partial charge in [0.25, 0.3) is 0 Å². The second-order valence-electron chi connectivity index (χ2n) is 9.33. The van der Waals surface area contributed by atoms with Crippen LogP contribution in [0.1, 0.15) is 39.5 Å². The first-order chi connectivity index (χ1) is 14.0. The zero-order valence-electron chi connectivity index (χ0n) is 18.7. The van der Waals surface area contributed by atoms with E-state index in [4.69, 9.17) is 14.2 Å². The molecule has 7 heteroatoms. The molecule has 168 valence electrons. The zero-order valence-corrected chi connectivity index (χ0v) is 18.7. The van der Waals surface area contributed by atoms with E-state index < -0.39 is 0 Å². The van der Waals surface area contributed by atoms with E-state index in [-0.39, 0.29) is 18.1 Å². The van der Waals surface area contributed by atoms with Gasteiger partial charge in [-0.05, 0) is 31.6 Å². The molecule has 3 rings (SSSR count). The summed E-state index contributed by atoms with van der Waals surface area (Å²) in [5.74, 6) is 0.829. The molecular weight excluding hydrogens is 370 g/mol. The normalized spacial score (nSPS) is 26.3. The van der Waals surface area contributed by atoms with E-state index >= 15 is 0 Å². The topological polar surface area (TPSA) is 54.5 Å². The fourth-order valence-corrected chi connectivity index (χ4v) is 5.05. The molecule has 29 heavy (non-hydrogen) atoms. The lowest BCUT2D eigenvalue weighted by atomic mass is 9.81. The van der Waals surface area contributed by atoms with Crippen molar-refractivity contribution in [2.45, 2.75) is 51.2 Å². The summed E-state index contributed by atoms with van der Waals surface area (Å²) in [7, 11) is 1.64. The minimum Gasteiger partial charge on any atom is -0.382 e. The predicted molar refractivity (Wildman–Crippen MR) is 113 cm³/mol. The predicted octanol–water partition coefficient (Wildman–Crippen LogP) is 1.46. The Balaban J connectivity index is 1.42. The summed E-state index contributed by atoms with van der Waals surface area (Å²) in [6, 6.07) is 0.629. The third-order valence-corrected chi connectivity index (χ3v) is 6.70. The number of carbonyl (C=O) groups excluding carboxylic acids is 1. The third kappa shape index (κ3) is 6.62. The van der Waals surface area contributed by atoms with Gasteiger partial charge < -0.3 is 24.0 Å². The molecule has 3 aliphatic rings. The molecule has 0 N–H and O–H groups in total. The van der Waals surface area contributed by atoms with Crippen LogP contribution in [0.25, 0.3) is 0 Å². The summed E-state index contributed by atoms with van der Waals surface area (Å²) in [5.41, 5.74) is -0.0360. The summed E-state index contributed by atoms with van der Waals surface area (Å²) in [5, 5.41) is 0. The highest BCUT2D eigenvalue weighted by Crippen LogP contribution is 2.37. The molecule has 1 amide bonds. The Morgan fingerprint density at radius 3 is 2.48 bits per heavy atom. The second kappa shape index (κ2) is 11.0. The molecule has 0 aromatic carbocycles.